The summed E-state index contributed by atoms with van der Waals surface area (Å²) in [6.07, 6.45) is 0. The van der Waals surface area contributed by atoms with E-state index in [1.165, 1.54) is 10.7 Å². The molecule has 0 saturated heterocycles. The van der Waals surface area contributed by atoms with Crippen LogP contribution in [0.2, 0.25) is 5.02 Å². The number of hydrogen-bond acceptors (Lipinski definition) is 6. The normalized spacial score (nSPS) is 10.3. The monoisotopic (exact) mass is 272 g/mol. The van der Waals surface area contributed by atoms with Gasteiger partial charge in [-0.15, -0.1) is 14.8 Å². The smallest absolute Gasteiger partial charge is 0.239 e. The van der Waals surface area contributed by atoms with E-state index >= 15 is 0 Å². The maximum Gasteiger partial charge on any atom is 0.239 e. The van der Waals surface area contributed by atoms with Crippen LogP contribution in [0.4, 0.5) is 0 Å². The molecule has 0 bridgehead atoms. The van der Waals surface area contributed by atoms with Gasteiger partial charge in [0, 0.05) is 6.07 Å². The van der Waals surface area contributed by atoms with E-state index in [0.717, 1.165) is 0 Å². The average Bonchev–Trinajstić information content (AvgIpc) is 2.88. The third-order valence-corrected chi connectivity index (χ3v) is 2.62. The van der Waals surface area contributed by atoms with Gasteiger partial charge in [-0.25, -0.2) is 0 Å². The van der Waals surface area contributed by atoms with E-state index in [9.17, 15) is 0 Å². The highest BCUT2D eigenvalue weighted by atomic mass is 35.5. The second-order valence-electron chi connectivity index (χ2n) is 3.56. The lowest BCUT2D eigenvalue weighted by molar-refractivity contribution is 0.447. The maximum absolute atomic E-state index is 8.75. The summed E-state index contributed by atoms with van der Waals surface area (Å²) in [6.45, 7) is 0. The molecule has 0 atom stereocenters. The Morgan fingerprint density at radius 2 is 2.16 bits per heavy atom. The standard InChI is InChI=1S/C11H5ClN6O/c12-8-5-7(6-13)1-2-9(8)19-11-4-3-10-14-16-17-18(10)15-11/h1-5H. The number of rotatable bonds is 2. The number of tetrazole rings is 1. The maximum atomic E-state index is 8.75. The zero-order chi connectivity index (χ0) is 13.2. The highest BCUT2D eigenvalue weighted by Crippen LogP contribution is 2.28. The molecule has 1 aromatic carbocycles. The average molecular weight is 273 g/mol. The Morgan fingerprint density at radius 3 is 2.95 bits per heavy atom. The van der Waals surface area contributed by atoms with Crippen LogP contribution < -0.4 is 4.74 Å². The number of halogens is 1. The molecule has 0 aliphatic rings. The molecule has 0 saturated carbocycles. The number of benzene rings is 1. The van der Waals surface area contributed by atoms with Crippen molar-refractivity contribution in [2.24, 2.45) is 0 Å². The van der Waals surface area contributed by atoms with Crippen LogP contribution in [0.15, 0.2) is 30.3 Å². The number of fused-ring (bicyclic) bond motifs is 1. The number of ether oxygens (including phenoxy) is 1. The van der Waals surface area contributed by atoms with E-state index in [1.54, 1.807) is 24.3 Å². The van der Waals surface area contributed by atoms with Gasteiger partial charge in [-0.3, -0.25) is 0 Å². The van der Waals surface area contributed by atoms with Gasteiger partial charge >= 0.3 is 0 Å². The molecule has 0 unspecified atom stereocenters. The summed E-state index contributed by atoms with van der Waals surface area (Å²) in [4.78, 5) is 0. The van der Waals surface area contributed by atoms with Crippen molar-refractivity contribution >= 4 is 17.2 Å². The second-order valence-corrected chi connectivity index (χ2v) is 3.96. The van der Waals surface area contributed by atoms with Crippen LogP contribution in [-0.2, 0) is 0 Å². The molecule has 0 N–H and O–H groups in total. The zero-order valence-corrected chi connectivity index (χ0v) is 10.1. The number of nitriles is 1. The van der Waals surface area contributed by atoms with Gasteiger partial charge in [0.2, 0.25) is 5.88 Å². The van der Waals surface area contributed by atoms with Crippen LogP contribution in [-0.4, -0.2) is 25.3 Å². The molecule has 0 aliphatic carbocycles. The van der Waals surface area contributed by atoms with Crippen LogP contribution in [0.1, 0.15) is 5.56 Å². The van der Waals surface area contributed by atoms with Gasteiger partial charge in [-0.05, 0) is 34.7 Å². The fourth-order valence-electron chi connectivity index (χ4n) is 1.45. The van der Waals surface area contributed by atoms with Crippen molar-refractivity contribution < 1.29 is 4.74 Å². The van der Waals surface area contributed by atoms with Gasteiger partial charge in [0.15, 0.2) is 5.65 Å². The molecule has 0 aliphatic heterocycles. The minimum atomic E-state index is 0.298. The number of aromatic nitrogens is 5. The number of nitrogens with zero attached hydrogens (tertiary/aromatic N) is 6. The molecular formula is C11H5ClN6O. The van der Waals surface area contributed by atoms with Gasteiger partial charge in [-0.1, -0.05) is 11.6 Å². The Hall–Kier alpha value is -2.72. The minimum absolute atomic E-state index is 0.298. The van der Waals surface area contributed by atoms with Crippen molar-refractivity contribution in [2.45, 2.75) is 0 Å². The Kier molecular flexibility index (Phi) is 2.70. The van der Waals surface area contributed by atoms with Gasteiger partial charge in [-0.2, -0.15) is 5.26 Å². The first kappa shape index (κ1) is 11.4. The van der Waals surface area contributed by atoms with Crippen molar-refractivity contribution in [3.05, 3.63) is 40.9 Å². The van der Waals surface area contributed by atoms with Crippen molar-refractivity contribution in [3.8, 4) is 17.7 Å². The van der Waals surface area contributed by atoms with E-state index in [4.69, 9.17) is 21.6 Å². The lowest BCUT2D eigenvalue weighted by atomic mass is 10.2. The predicted octanol–water partition coefficient (Wildman–Crippen LogP) is 1.84. The Morgan fingerprint density at radius 1 is 1.26 bits per heavy atom. The lowest BCUT2D eigenvalue weighted by Crippen LogP contribution is -1.97. The topological polar surface area (TPSA) is 89.0 Å². The Bertz CT molecular complexity index is 793. The van der Waals surface area contributed by atoms with Crippen molar-refractivity contribution in [2.75, 3.05) is 0 Å². The minimum Gasteiger partial charge on any atom is -0.436 e. The first-order valence-electron chi connectivity index (χ1n) is 5.19. The summed E-state index contributed by atoms with van der Waals surface area (Å²) in [5.41, 5.74) is 0.972. The summed E-state index contributed by atoms with van der Waals surface area (Å²) in [5, 5.41) is 24.0. The highest BCUT2D eigenvalue weighted by Gasteiger charge is 2.07. The molecule has 0 fully saturated rings. The molecule has 8 heteroatoms. The van der Waals surface area contributed by atoms with E-state index in [0.29, 0.717) is 27.9 Å². The van der Waals surface area contributed by atoms with Crippen molar-refractivity contribution in [3.63, 3.8) is 0 Å². The molecule has 0 spiro atoms. The molecule has 2 aromatic heterocycles. The molecule has 7 nitrogen and oxygen atoms in total. The molecule has 19 heavy (non-hydrogen) atoms. The summed E-state index contributed by atoms with van der Waals surface area (Å²) < 4.78 is 6.76. The van der Waals surface area contributed by atoms with Gasteiger partial charge < -0.3 is 4.74 Å². The largest absolute Gasteiger partial charge is 0.436 e. The second kappa shape index (κ2) is 4.51. The fourth-order valence-corrected chi connectivity index (χ4v) is 1.67. The third-order valence-electron chi connectivity index (χ3n) is 2.32. The van der Waals surface area contributed by atoms with Crippen LogP contribution in [0.3, 0.4) is 0 Å². The van der Waals surface area contributed by atoms with Gasteiger partial charge in [0.25, 0.3) is 0 Å². The van der Waals surface area contributed by atoms with E-state index in [1.807, 2.05) is 6.07 Å². The third kappa shape index (κ3) is 2.17. The molecule has 3 rings (SSSR count). The quantitative estimate of drug-likeness (QED) is 0.707. The Balaban J connectivity index is 1.94. The summed E-state index contributed by atoms with van der Waals surface area (Å²) >= 11 is 6.00. The van der Waals surface area contributed by atoms with E-state index < -0.39 is 0 Å². The molecule has 3 aromatic rings. The summed E-state index contributed by atoms with van der Waals surface area (Å²) in [6, 6.07) is 10.0. The molecular weight excluding hydrogens is 268 g/mol. The summed E-state index contributed by atoms with van der Waals surface area (Å²) in [7, 11) is 0. The molecule has 92 valence electrons. The summed E-state index contributed by atoms with van der Waals surface area (Å²) in [5.74, 6) is 0.701. The van der Waals surface area contributed by atoms with Crippen LogP contribution >= 0.6 is 11.6 Å². The Labute approximate surface area is 112 Å². The van der Waals surface area contributed by atoms with Crippen molar-refractivity contribution in [1.82, 2.24) is 25.3 Å². The van der Waals surface area contributed by atoms with Crippen molar-refractivity contribution in [1.29, 1.82) is 5.26 Å². The van der Waals surface area contributed by atoms with Gasteiger partial charge in [0.05, 0.1) is 16.7 Å². The molecule has 2 heterocycles. The molecule has 0 radical (unpaired) electrons. The number of hydrogen-bond donors (Lipinski definition) is 0. The van der Waals surface area contributed by atoms with Crippen LogP contribution in [0.5, 0.6) is 11.6 Å². The van der Waals surface area contributed by atoms with Crippen LogP contribution in [0.25, 0.3) is 5.65 Å². The fraction of sp³-hybridized carbons (Fsp3) is 0. The highest BCUT2D eigenvalue weighted by molar-refractivity contribution is 6.32. The van der Waals surface area contributed by atoms with E-state index in [2.05, 4.69) is 20.6 Å². The van der Waals surface area contributed by atoms with E-state index in [-0.39, 0.29) is 0 Å². The first-order chi connectivity index (χ1) is 9.26. The lowest BCUT2D eigenvalue weighted by Gasteiger charge is -2.06. The molecule has 0 amide bonds. The predicted molar refractivity (Wildman–Crippen MR) is 64.8 cm³/mol. The zero-order valence-electron chi connectivity index (χ0n) is 9.36. The van der Waals surface area contributed by atoms with Crippen LogP contribution in [0, 0.1) is 11.3 Å². The first-order valence-corrected chi connectivity index (χ1v) is 5.57. The SMILES string of the molecule is N#Cc1ccc(Oc2ccc3nnnn3n2)c(Cl)c1. The van der Waals surface area contributed by atoms with Gasteiger partial charge in [0.1, 0.15) is 5.75 Å².